The topological polar surface area (TPSA) is 63.9 Å². The van der Waals surface area contributed by atoms with Crippen molar-refractivity contribution in [2.45, 2.75) is 13.0 Å². The van der Waals surface area contributed by atoms with E-state index in [2.05, 4.69) is 15.7 Å². The van der Waals surface area contributed by atoms with Gasteiger partial charge in [0.05, 0.1) is 5.69 Å². The highest BCUT2D eigenvalue weighted by Crippen LogP contribution is 2.23. The molecule has 7 heteroatoms. The quantitative estimate of drug-likeness (QED) is 0.760. The van der Waals surface area contributed by atoms with Crippen LogP contribution in [-0.2, 0) is 27.1 Å². The molecule has 0 unspecified atom stereocenters. The fourth-order valence-corrected chi connectivity index (χ4v) is 3.43. The maximum absolute atomic E-state index is 13.1. The monoisotopic (exact) mass is 353 g/mol. The van der Waals surface area contributed by atoms with Gasteiger partial charge in [0.25, 0.3) is 5.91 Å². The smallest absolute Gasteiger partial charge is 0.273 e. The summed E-state index contributed by atoms with van der Waals surface area (Å²) < 4.78 is 16.7. The fraction of sp³-hybridized carbons (Fsp3) is 0.263. The number of nitrogens with zero attached hydrogens (tertiary/aromatic N) is 3. The van der Waals surface area contributed by atoms with E-state index in [9.17, 15) is 9.18 Å². The Morgan fingerprint density at radius 2 is 2.00 bits per heavy atom. The molecule has 0 aliphatic carbocycles. The number of benzene rings is 1. The number of carbonyl (C=O) groups is 1. The highest BCUT2D eigenvalue weighted by molar-refractivity contribution is 6.03. The van der Waals surface area contributed by atoms with E-state index < -0.39 is 0 Å². The molecule has 1 aromatic carbocycles. The van der Waals surface area contributed by atoms with Gasteiger partial charge in [-0.2, -0.15) is 5.10 Å². The molecule has 0 atom stereocenters. The van der Waals surface area contributed by atoms with Crippen molar-refractivity contribution in [2.24, 2.45) is 14.1 Å². The Hall–Kier alpha value is -2.93. The molecule has 1 aliphatic rings. The number of halogens is 1. The lowest BCUT2D eigenvalue weighted by molar-refractivity contribution is 0.101. The Bertz CT molecular complexity index is 971. The molecule has 0 saturated heterocycles. The number of anilines is 1. The van der Waals surface area contributed by atoms with Crippen molar-refractivity contribution in [3.05, 3.63) is 59.2 Å². The van der Waals surface area contributed by atoms with Gasteiger partial charge in [-0.25, -0.2) is 4.39 Å². The van der Waals surface area contributed by atoms with E-state index in [1.165, 1.54) is 17.8 Å². The van der Waals surface area contributed by atoms with Crippen molar-refractivity contribution < 1.29 is 9.18 Å². The zero-order chi connectivity index (χ0) is 18.3. The number of nitrogens with one attached hydrogen (secondary N) is 2. The first kappa shape index (κ1) is 16.5. The SMILES string of the molecule is Cn1nc(NC(=O)c2cc3c(n2C)CCNC3)cc1-c1ccc(F)cc1. The van der Waals surface area contributed by atoms with Crippen molar-refractivity contribution in [1.29, 1.82) is 0 Å². The van der Waals surface area contributed by atoms with Crippen LogP contribution in [-0.4, -0.2) is 26.8 Å². The predicted molar refractivity (Wildman–Crippen MR) is 97.4 cm³/mol. The first-order valence-electron chi connectivity index (χ1n) is 8.52. The van der Waals surface area contributed by atoms with Crippen LogP contribution in [0.1, 0.15) is 21.7 Å². The number of hydrogen-bond donors (Lipinski definition) is 2. The lowest BCUT2D eigenvalue weighted by atomic mass is 10.1. The normalized spacial score (nSPS) is 13.5. The molecule has 0 bridgehead atoms. The molecule has 134 valence electrons. The van der Waals surface area contributed by atoms with Crippen LogP contribution >= 0.6 is 0 Å². The molecule has 1 aliphatic heterocycles. The minimum atomic E-state index is -0.286. The van der Waals surface area contributed by atoms with Gasteiger partial charge in [0.15, 0.2) is 5.82 Å². The van der Waals surface area contributed by atoms with Crippen LogP contribution in [0.25, 0.3) is 11.3 Å². The lowest BCUT2D eigenvalue weighted by Crippen LogP contribution is -2.24. The molecule has 2 aromatic heterocycles. The average molecular weight is 353 g/mol. The maximum Gasteiger partial charge on any atom is 0.273 e. The van der Waals surface area contributed by atoms with E-state index in [1.807, 2.05) is 17.7 Å². The van der Waals surface area contributed by atoms with Crippen LogP contribution in [0.3, 0.4) is 0 Å². The summed E-state index contributed by atoms with van der Waals surface area (Å²) in [6.07, 6.45) is 0.914. The Morgan fingerprint density at radius 3 is 2.73 bits per heavy atom. The third-order valence-corrected chi connectivity index (χ3v) is 4.80. The summed E-state index contributed by atoms with van der Waals surface area (Å²) in [4.78, 5) is 12.7. The molecule has 0 saturated carbocycles. The maximum atomic E-state index is 13.1. The van der Waals surface area contributed by atoms with Crippen molar-refractivity contribution in [3.8, 4) is 11.3 Å². The zero-order valence-electron chi connectivity index (χ0n) is 14.7. The second-order valence-electron chi connectivity index (χ2n) is 6.49. The lowest BCUT2D eigenvalue weighted by Gasteiger charge is -2.14. The number of rotatable bonds is 3. The zero-order valence-corrected chi connectivity index (χ0v) is 14.7. The number of aryl methyl sites for hydroxylation is 1. The number of carbonyl (C=O) groups excluding carboxylic acids is 1. The summed E-state index contributed by atoms with van der Waals surface area (Å²) >= 11 is 0. The van der Waals surface area contributed by atoms with Crippen LogP contribution in [0.4, 0.5) is 10.2 Å². The van der Waals surface area contributed by atoms with Gasteiger partial charge >= 0.3 is 0 Å². The molecule has 1 amide bonds. The average Bonchev–Trinajstić information content (AvgIpc) is 3.16. The third kappa shape index (κ3) is 2.90. The van der Waals surface area contributed by atoms with Crippen LogP contribution in [0.2, 0.25) is 0 Å². The standard InChI is InChI=1S/C19H20FN5O/c1-24-15-7-8-21-11-13(15)9-17(24)19(26)22-18-10-16(25(2)23-18)12-3-5-14(20)6-4-12/h3-6,9-10,21H,7-8,11H2,1-2H3,(H,22,23,26). The van der Waals surface area contributed by atoms with E-state index in [-0.39, 0.29) is 11.7 Å². The van der Waals surface area contributed by atoms with Gasteiger partial charge < -0.3 is 15.2 Å². The van der Waals surface area contributed by atoms with E-state index in [4.69, 9.17) is 0 Å². The second kappa shape index (κ2) is 6.42. The molecule has 3 aromatic rings. The first-order valence-corrected chi connectivity index (χ1v) is 8.52. The molecule has 0 spiro atoms. The van der Waals surface area contributed by atoms with Crippen molar-refractivity contribution in [1.82, 2.24) is 19.7 Å². The Balaban J connectivity index is 1.58. The van der Waals surface area contributed by atoms with Crippen molar-refractivity contribution >= 4 is 11.7 Å². The van der Waals surface area contributed by atoms with Gasteiger partial charge in [-0.1, -0.05) is 0 Å². The Labute approximate surface area is 150 Å². The van der Waals surface area contributed by atoms with Gasteiger partial charge in [0.2, 0.25) is 0 Å². The van der Waals surface area contributed by atoms with Crippen LogP contribution in [0.15, 0.2) is 36.4 Å². The van der Waals surface area contributed by atoms with Gasteiger partial charge in [0.1, 0.15) is 11.5 Å². The summed E-state index contributed by atoms with van der Waals surface area (Å²) in [6, 6.07) is 9.91. The second-order valence-corrected chi connectivity index (χ2v) is 6.49. The largest absolute Gasteiger partial charge is 0.343 e. The Kier molecular flexibility index (Phi) is 4.08. The molecule has 0 radical (unpaired) electrons. The van der Waals surface area contributed by atoms with Crippen LogP contribution < -0.4 is 10.6 Å². The molecule has 3 heterocycles. The van der Waals surface area contributed by atoms with E-state index in [0.717, 1.165) is 36.3 Å². The Morgan fingerprint density at radius 1 is 1.23 bits per heavy atom. The molecular formula is C19H20FN5O. The summed E-state index contributed by atoms with van der Waals surface area (Å²) in [7, 11) is 3.71. The molecule has 0 fully saturated rings. The molecule has 2 N–H and O–H groups in total. The van der Waals surface area contributed by atoms with Gasteiger partial charge in [-0.15, -0.1) is 0 Å². The summed E-state index contributed by atoms with van der Waals surface area (Å²) in [5.41, 5.74) is 4.62. The number of amides is 1. The van der Waals surface area contributed by atoms with E-state index in [1.54, 1.807) is 29.9 Å². The number of fused-ring (bicyclic) bond motifs is 1. The van der Waals surface area contributed by atoms with Gasteiger partial charge in [-0.3, -0.25) is 9.48 Å². The predicted octanol–water partition coefficient (Wildman–Crippen LogP) is 2.46. The van der Waals surface area contributed by atoms with Crippen molar-refractivity contribution in [2.75, 3.05) is 11.9 Å². The fourth-order valence-electron chi connectivity index (χ4n) is 3.43. The van der Waals surface area contributed by atoms with E-state index in [0.29, 0.717) is 11.5 Å². The van der Waals surface area contributed by atoms with Crippen molar-refractivity contribution in [3.63, 3.8) is 0 Å². The molecule has 26 heavy (non-hydrogen) atoms. The summed E-state index contributed by atoms with van der Waals surface area (Å²) in [6.45, 7) is 1.71. The van der Waals surface area contributed by atoms with Crippen LogP contribution in [0.5, 0.6) is 0 Å². The van der Waals surface area contributed by atoms with Crippen LogP contribution in [0, 0.1) is 5.82 Å². The van der Waals surface area contributed by atoms with Gasteiger partial charge in [-0.05, 0) is 35.9 Å². The molecule has 6 nitrogen and oxygen atoms in total. The molecular weight excluding hydrogens is 333 g/mol. The number of hydrogen-bond acceptors (Lipinski definition) is 3. The van der Waals surface area contributed by atoms with Gasteiger partial charge in [0, 0.05) is 50.9 Å². The molecule has 4 rings (SSSR count). The highest BCUT2D eigenvalue weighted by atomic mass is 19.1. The minimum Gasteiger partial charge on any atom is -0.343 e. The summed E-state index contributed by atoms with van der Waals surface area (Å²) in [5, 5.41) is 10.5. The first-order chi connectivity index (χ1) is 12.5. The summed E-state index contributed by atoms with van der Waals surface area (Å²) in [5.74, 6) is -0.00797. The van der Waals surface area contributed by atoms with E-state index >= 15 is 0 Å². The highest BCUT2D eigenvalue weighted by Gasteiger charge is 2.20. The third-order valence-electron chi connectivity index (χ3n) is 4.80. The minimum absolute atomic E-state index is 0.189. The number of aromatic nitrogens is 3.